The van der Waals surface area contributed by atoms with Gasteiger partial charge in [0.2, 0.25) is 0 Å². The van der Waals surface area contributed by atoms with Crippen molar-refractivity contribution in [2.24, 2.45) is 0 Å². The second kappa shape index (κ2) is 8.39. The van der Waals surface area contributed by atoms with E-state index in [0.29, 0.717) is 27.1 Å². The maximum Gasteiger partial charge on any atom is 0.350 e. The summed E-state index contributed by atoms with van der Waals surface area (Å²) in [7, 11) is 0. The largest absolute Gasteiger partial charge is 0.462 e. The normalized spacial score (nSPS) is 10.8. The number of esters is 1. The third-order valence-electron chi connectivity index (χ3n) is 4.25. The summed E-state index contributed by atoms with van der Waals surface area (Å²) < 4.78 is 6.64. The molecule has 0 bridgehead atoms. The van der Waals surface area contributed by atoms with Crippen LogP contribution in [0.15, 0.2) is 24.3 Å². The van der Waals surface area contributed by atoms with E-state index >= 15 is 0 Å². The molecule has 0 amide bonds. The number of nitro groups is 1. The number of aryl methyl sites for hydroxylation is 2. The van der Waals surface area contributed by atoms with Crippen LogP contribution >= 0.6 is 11.3 Å². The van der Waals surface area contributed by atoms with E-state index in [9.17, 15) is 14.9 Å². The number of ether oxygens (including phenoxy) is 1. The molecule has 9 nitrogen and oxygen atoms in total. The van der Waals surface area contributed by atoms with Crippen LogP contribution in [-0.4, -0.2) is 32.3 Å². The Morgan fingerprint density at radius 1 is 1.34 bits per heavy atom. The van der Waals surface area contributed by atoms with E-state index in [1.165, 1.54) is 16.0 Å². The van der Waals surface area contributed by atoms with E-state index in [0.717, 1.165) is 11.3 Å². The number of hydrogen-bond acceptors (Lipinski definition) is 8. The molecule has 0 unspecified atom stereocenters. The van der Waals surface area contributed by atoms with Gasteiger partial charge < -0.3 is 10.1 Å². The van der Waals surface area contributed by atoms with Crippen LogP contribution in [0.4, 0.5) is 16.5 Å². The third kappa shape index (κ3) is 4.43. The van der Waals surface area contributed by atoms with Crippen LogP contribution in [0.1, 0.15) is 39.2 Å². The molecule has 0 fully saturated rings. The van der Waals surface area contributed by atoms with Gasteiger partial charge in [-0.25, -0.2) is 9.78 Å². The summed E-state index contributed by atoms with van der Waals surface area (Å²) >= 11 is 1.18. The summed E-state index contributed by atoms with van der Waals surface area (Å²) in [6.45, 7) is 7.29. The zero-order chi connectivity index (χ0) is 21.1. The molecule has 0 saturated heterocycles. The highest BCUT2D eigenvalue weighted by molar-refractivity contribution is 7.17. The molecule has 0 spiro atoms. The molecule has 3 rings (SSSR count). The second-order valence-electron chi connectivity index (χ2n) is 6.44. The average molecular weight is 415 g/mol. The fourth-order valence-electron chi connectivity index (χ4n) is 2.96. The first kappa shape index (κ1) is 20.5. The molecule has 0 aliphatic heterocycles. The number of carbonyl (C=O) groups is 1. The minimum atomic E-state index is -0.478. The summed E-state index contributed by atoms with van der Waals surface area (Å²) in [5, 5.41) is 19.2. The van der Waals surface area contributed by atoms with Gasteiger partial charge in [-0.1, -0.05) is 23.5 Å². The Morgan fingerprint density at radius 2 is 2.10 bits per heavy atom. The number of benzene rings is 1. The SMILES string of the molecule is CCOC(=O)c1sc(Nc2cccc(C)c2)nc1Cn1nc(C)c([N+](=O)[O-])c1C. The molecule has 3 aromatic rings. The number of anilines is 2. The molecular formula is C19H21N5O4S. The van der Waals surface area contributed by atoms with Crippen molar-refractivity contribution in [3.63, 3.8) is 0 Å². The lowest BCUT2D eigenvalue weighted by Crippen LogP contribution is -2.11. The standard InChI is InChI=1S/C19H21N5O4S/c1-5-28-18(25)17-15(10-23-13(4)16(24(26)27)12(3)22-23)21-19(29-17)20-14-8-6-7-11(2)9-14/h6-9H,5,10H2,1-4H3,(H,20,21). The van der Waals surface area contributed by atoms with Crippen LogP contribution in [-0.2, 0) is 11.3 Å². The highest BCUT2D eigenvalue weighted by Crippen LogP contribution is 2.29. The minimum absolute atomic E-state index is 0.0315. The summed E-state index contributed by atoms with van der Waals surface area (Å²) in [5.41, 5.74) is 3.08. The molecule has 2 heterocycles. The van der Waals surface area contributed by atoms with Crippen molar-refractivity contribution in [3.8, 4) is 0 Å². The van der Waals surface area contributed by atoms with Crippen molar-refractivity contribution in [1.82, 2.24) is 14.8 Å². The topological polar surface area (TPSA) is 112 Å². The average Bonchev–Trinajstić information content (AvgIpc) is 3.15. The van der Waals surface area contributed by atoms with E-state index in [1.807, 2.05) is 31.2 Å². The molecule has 1 aromatic carbocycles. The Labute approximate surface area is 171 Å². The van der Waals surface area contributed by atoms with Gasteiger partial charge in [-0.15, -0.1) is 0 Å². The molecule has 152 valence electrons. The van der Waals surface area contributed by atoms with Crippen molar-refractivity contribution in [2.45, 2.75) is 34.2 Å². The van der Waals surface area contributed by atoms with Gasteiger partial charge in [0.15, 0.2) is 5.13 Å². The maximum atomic E-state index is 12.4. The maximum absolute atomic E-state index is 12.4. The lowest BCUT2D eigenvalue weighted by Gasteiger charge is -2.04. The fraction of sp³-hybridized carbons (Fsp3) is 0.316. The summed E-state index contributed by atoms with van der Waals surface area (Å²) in [5.74, 6) is -0.478. The van der Waals surface area contributed by atoms with Gasteiger partial charge >= 0.3 is 11.7 Å². The molecule has 0 saturated carbocycles. The van der Waals surface area contributed by atoms with E-state index < -0.39 is 10.9 Å². The monoisotopic (exact) mass is 415 g/mol. The van der Waals surface area contributed by atoms with Crippen molar-refractivity contribution < 1.29 is 14.5 Å². The first-order valence-corrected chi connectivity index (χ1v) is 9.80. The zero-order valence-electron chi connectivity index (χ0n) is 16.6. The Hall–Kier alpha value is -3.27. The van der Waals surface area contributed by atoms with E-state index in [-0.39, 0.29) is 18.8 Å². The minimum Gasteiger partial charge on any atom is -0.462 e. The van der Waals surface area contributed by atoms with E-state index in [2.05, 4.69) is 15.4 Å². The van der Waals surface area contributed by atoms with Gasteiger partial charge in [0.1, 0.15) is 16.3 Å². The molecule has 0 atom stereocenters. The zero-order valence-corrected chi connectivity index (χ0v) is 17.4. The third-order valence-corrected chi connectivity index (χ3v) is 5.25. The molecule has 10 heteroatoms. The van der Waals surface area contributed by atoms with Gasteiger partial charge in [0.05, 0.1) is 23.8 Å². The lowest BCUT2D eigenvalue weighted by molar-refractivity contribution is -0.386. The molecule has 0 aliphatic rings. The van der Waals surface area contributed by atoms with Crippen LogP contribution in [0.2, 0.25) is 0 Å². The van der Waals surface area contributed by atoms with Gasteiger partial charge in [0, 0.05) is 5.69 Å². The lowest BCUT2D eigenvalue weighted by atomic mass is 10.2. The van der Waals surface area contributed by atoms with E-state index in [1.54, 1.807) is 20.8 Å². The molecule has 0 aliphatic carbocycles. The van der Waals surface area contributed by atoms with Crippen molar-refractivity contribution in [3.05, 3.63) is 61.9 Å². The summed E-state index contributed by atoms with van der Waals surface area (Å²) in [4.78, 5) is 28.1. The number of thiazole rings is 1. The Bertz CT molecular complexity index is 1070. The van der Waals surface area contributed by atoms with Crippen LogP contribution in [0.3, 0.4) is 0 Å². The number of aromatic nitrogens is 3. The number of nitrogens with one attached hydrogen (secondary N) is 1. The molecule has 2 aromatic heterocycles. The Kier molecular flexibility index (Phi) is 5.92. The highest BCUT2D eigenvalue weighted by Gasteiger charge is 2.25. The van der Waals surface area contributed by atoms with Crippen LogP contribution < -0.4 is 5.32 Å². The number of nitrogens with zero attached hydrogens (tertiary/aromatic N) is 4. The number of rotatable bonds is 7. The predicted molar refractivity (Wildman–Crippen MR) is 110 cm³/mol. The van der Waals surface area contributed by atoms with Gasteiger partial charge in [0.25, 0.3) is 0 Å². The summed E-state index contributed by atoms with van der Waals surface area (Å²) in [6.07, 6.45) is 0. The quantitative estimate of drug-likeness (QED) is 0.350. The summed E-state index contributed by atoms with van der Waals surface area (Å²) in [6, 6.07) is 7.78. The fourth-order valence-corrected chi connectivity index (χ4v) is 3.85. The number of hydrogen-bond donors (Lipinski definition) is 1. The van der Waals surface area contributed by atoms with Gasteiger partial charge in [-0.05, 0) is 45.4 Å². The highest BCUT2D eigenvalue weighted by atomic mass is 32.1. The van der Waals surface area contributed by atoms with Gasteiger partial charge in [-0.3, -0.25) is 14.8 Å². The predicted octanol–water partition coefficient (Wildman–Crippen LogP) is 4.14. The first-order valence-electron chi connectivity index (χ1n) is 8.99. The van der Waals surface area contributed by atoms with Crippen LogP contribution in [0.5, 0.6) is 0 Å². The molecular weight excluding hydrogens is 394 g/mol. The van der Waals surface area contributed by atoms with Gasteiger partial charge in [-0.2, -0.15) is 5.10 Å². The van der Waals surface area contributed by atoms with Crippen molar-refractivity contribution in [2.75, 3.05) is 11.9 Å². The Morgan fingerprint density at radius 3 is 2.72 bits per heavy atom. The van der Waals surface area contributed by atoms with Crippen LogP contribution in [0, 0.1) is 30.9 Å². The Balaban J connectivity index is 1.96. The second-order valence-corrected chi connectivity index (χ2v) is 7.44. The first-order chi connectivity index (χ1) is 13.8. The molecule has 1 N–H and O–H groups in total. The van der Waals surface area contributed by atoms with Crippen molar-refractivity contribution >= 4 is 33.8 Å². The molecule has 29 heavy (non-hydrogen) atoms. The van der Waals surface area contributed by atoms with Crippen LogP contribution in [0.25, 0.3) is 0 Å². The smallest absolute Gasteiger partial charge is 0.350 e. The van der Waals surface area contributed by atoms with E-state index in [4.69, 9.17) is 4.74 Å². The molecule has 0 radical (unpaired) electrons. The van der Waals surface area contributed by atoms with Crippen molar-refractivity contribution in [1.29, 1.82) is 0 Å². The number of carbonyl (C=O) groups excluding carboxylic acids is 1.